The topological polar surface area (TPSA) is 171 Å². The number of carbonyl (C=O) groups excluding carboxylic acids is 3. The van der Waals surface area contributed by atoms with E-state index in [0.29, 0.717) is 22.1 Å². The molecule has 0 aromatic heterocycles. The van der Waals surface area contributed by atoms with Crippen LogP contribution >= 0.6 is 0 Å². The number of carbonyl (C=O) groups is 3. The molecule has 6 N–H and O–H groups in total. The molecule has 10 heteroatoms. The number of aryl methyl sites for hydroxylation is 1. The molecule has 10 nitrogen and oxygen atoms in total. The number of Topliss-reactive ketones (excluding diaryl/α,β-unsaturated/α-hetero) is 2. The van der Waals surface area contributed by atoms with E-state index in [9.17, 15) is 34.8 Å². The molecule has 0 aliphatic heterocycles. The van der Waals surface area contributed by atoms with Crippen molar-refractivity contribution in [2.45, 2.75) is 50.2 Å². The van der Waals surface area contributed by atoms with Gasteiger partial charge in [-0.05, 0) is 63.2 Å². The van der Waals surface area contributed by atoms with Crippen LogP contribution in [0, 0.1) is 17.8 Å². The molecule has 2 saturated carbocycles. The second-order valence-corrected chi connectivity index (χ2v) is 12.1. The van der Waals surface area contributed by atoms with E-state index in [1.807, 2.05) is 18.2 Å². The zero-order chi connectivity index (χ0) is 29.5. The number of fused-ring (bicyclic) bond motifs is 4. The summed E-state index contributed by atoms with van der Waals surface area (Å²) < 4.78 is 5.80. The molecule has 2 fully saturated rings. The molecule has 41 heavy (non-hydrogen) atoms. The molecule has 0 saturated heterocycles. The number of aromatic hydroxyl groups is 1. The Bertz CT molecular complexity index is 1600. The number of benzene rings is 2. The number of primary amides is 1. The third kappa shape index (κ3) is 3.80. The number of aliphatic hydroxyl groups excluding tert-OH is 2. The van der Waals surface area contributed by atoms with Gasteiger partial charge in [-0.3, -0.25) is 19.3 Å². The average Bonchev–Trinajstić information content (AvgIpc) is 3.74. The highest BCUT2D eigenvalue weighted by atomic mass is 16.5. The van der Waals surface area contributed by atoms with E-state index in [4.69, 9.17) is 10.5 Å². The fourth-order valence-corrected chi connectivity index (χ4v) is 7.29. The number of hydrogen-bond acceptors (Lipinski definition) is 9. The van der Waals surface area contributed by atoms with Gasteiger partial charge in [0.2, 0.25) is 5.78 Å². The van der Waals surface area contributed by atoms with Crippen LogP contribution in [-0.4, -0.2) is 75.6 Å². The summed E-state index contributed by atoms with van der Waals surface area (Å²) in [5.74, 6) is -5.52. The molecule has 0 unspecified atom stereocenters. The molecule has 0 radical (unpaired) electrons. The highest BCUT2D eigenvalue weighted by molar-refractivity contribution is 6.24. The summed E-state index contributed by atoms with van der Waals surface area (Å²) in [7, 11) is 4.64. The van der Waals surface area contributed by atoms with Crippen LogP contribution in [0.3, 0.4) is 0 Å². The summed E-state index contributed by atoms with van der Waals surface area (Å²) in [6.07, 6.45) is 4.57. The second kappa shape index (κ2) is 9.32. The monoisotopic (exact) mass is 562 g/mol. The van der Waals surface area contributed by atoms with Gasteiger partial charge in [0.1, 0.15) is 28.6 Å². The maximum absolute atomic E-state index is 14.1. The van der Waals surface area contributed by atoms with Gasteiger partial charge in [-0.2, -0.15) is 0 Å². The minimum absolute atomic E-state index is 0.0216. The number of methoxy groups -OCH3 is 1. The molecular weight excluding hydrogens is 528 g/mol. The number of rotatable bonds is 6. The molecule has 0 bridgehead atoms. The zero-order valence-electron chi connectivity index (χ0n) is 23.2. The average molecular weight is 563 g/mol. The SMILES string of the molecule is COc1c2c(c(O)c3cc(CCC4CC4)ccc13)C(O)=C1C(=O)[C@]3(O)C(O)=C(C(N)=O)C(=O)[C@@H](N(C)C)[C@@H]3C[C@@H]1C2. The van der Waals surface area contributed by atoms with Crippen LogP contribution in [0.25, 0.3) is 16.5 Å². The molecular formula is C31H34N2O8. The summed E-state index contributed by atoms with van der Waals surface area (Å²) in [4.78, 5) is 41.0. The summed E-state index contributed by atoms with van der Waals surface area (Å²) in [6, 6.07) is 4.64. The van der Waals surface area contributed by atoms with Crippen LogP contribution < -0.4 is 10.5 Å². The zero-order valence-corrected chi connectivity index (χ0v) is 23.2. The number of ketones is 2. The number of hydrogen-bond donors (Lipinski definition) is 5. The quantitative estimate of drug-likeness (QED) is 0.332. The smallest absolute Gasteiger partial charge is 0.255 e. The largest absolute Gasteiger partial charge is 0.508 e. The number of aliphatic hydroxyl groups is 3. The molecule has 1 amide bonds. The van der Waals surface area contributed by atoms with Crippen molar-refractivity contribution in [2.24, 2.45) is 23.5 Å². The minimum Gasteiger partial charge on any atom is -0.508 e. The summed E-state index contributed by atoms with van der Waals surface area (Å²) in [5, 5.41) is 47.0. The molecule has 216 valence electrons. The highest BCUT2D eigenvalue weighted by Gasteiger charge is 2.64. The molecule has 0 heterocycles. The predicted molar refractivity (Wildman–Crippen MR) is 149 cm³/mol. The van der Waals surface area contributed by atoms with Crippen LogP contribution in [0.2, 0.25) is 0 Å². The maximum Gasteiger partial charge on any atom is 0.255 e. The van der Waals surface area contributed by atoms with Gasteiger partial charge in [-0.25, -0.2) is 0 Å². The van der Waals surface area contributed by atoms with Crippen LogP contribution in [0.5, 0.6) is 11.5 Å². The Balaban J connectivity index is 1.54. The lowest BCUT2D eigenvalue weighted by molar-refractivity contribution is -0.153. The number of nitrogens with zero attached hydrogens (tertiary/aromatic N) is 1. The molecule has 6 rings (SSSR count). The van der Waals surface area contributed by atoms with Gasteiger partial charge in [0.05, 0.1) is 18.7 Å². The van der Waals surface area contributed by atoms with Crippen molar-refractivity contribution in [3.63, 3.8) is 0 Å². The van der Waals surface area contributed by atoms with Crippen molar-refractivity contribution in [2.75, 3.05) is 21.2 Å². The summed E-state index contributed by atoms with van der Waals surface area (Å²) in [6.45, 7) is 0. The lowest BCUT2D eigenvalue weighted by atomic mass is 9.57. The van der Waals surface area contributed by atoms with E-state index in [1.54, 1.807) is 14.1 Å². The Kier molecular flexibility index (Phi) is 6.20. The Morgan fingerprint density at radius 1 is 1.15 bits per heavy atom. The van der Waals surface area contributed by atoms with Crippen molar-refractivity contribution < 1.29 is 39.5 Å². The second-order valence-electron chi connectivity index (χ2n) is 12.1. The van der Waals surface area contributed by atoms with Crippen molar-refractivity contribution >= 4 is 34.0 Å². The number of likely N-dealkylation sites (N-methyl/N-ethyl adjacent to an activating group) is 1. The van der Waals surface area contributed by atoms with E-state index in [2.05, 4.69) is 0 Å². The van der Waals surface area contributed by atoms with Crippen molar-refractivity contribution in [3.05, 3.63) is 51.8 Å². The van der Waals surface area contributed by atoms with Gasteiger partial charge in [0.25, 0.3) is 5.91 Å². The van der Waals surface area contributed by atoms with E-state index in [1.165, 1.54) is 24.9 Å². The predicted octanol–water partition coefficient (Wildman–Crippen LogP) is 2.47. The number of phenols is 1. The van der Waals surface area contributed by atoms with Gasteiger partial charge in [-0.1, -0.05) is 25.0 Å². The summed E-state index contributed by atoms with van der Waals surface area (Å²) in [5.41, 5.74) is 3.28. The van der Waals surface area contributed by atoms with Crippen LogP contribution in [0.15, 0.2) is 35.1 Å². The molecule has 0 spiro atoms. The fraction of sp³-hybridized carbons (Fsp3) is 0.452. The first kappa shape index (κ1) is 27.3. The Morgan fingerprint density at radius 2 is 1.85 bits per heavy atom. The number of nitrogens with two attached hydrogens (primary N) is 1. The van der Waals surface area contributed by atoms with Crippen LogP contribution in [-0.2, 0) is 27.2 Å². The van der Waals surface area contributed by atoms with E-state index < -0.39 is 58.0 Å². The van der Waals surface area contributed by atoms with Gasteiger partial charge in [-0.15, -0.1) is 0 Å². The third-order valence-electron chi connectivity index (χ3n) is 9.45. The first-order chi connectivity index (χ1) is 19.4. The van der Waals surface area contributed by atoms with E-state index >= 15 is 0 Å². The number of amides is 1. The highest BCUT2D eigenvalue weighted by Crippen LogP contribution is 2.55. The normalized spacial score (nSPS) is 27.7. The molecule has 2 aromatic rings. The van der Waals surface area contributed by atoms with Gasteiger partial charge in [0, 0.05) is 27.8 Å². The van der Waals surface area contributed by atoms with E-state index in [-0.39, 0.29) is 29.7 Å². The van der Waals surface area contributed by atoms with Crippen LogP contribution in [0.1, 0.15) is 42.4 Å². The Labute approximate surface area is 236 Å². The minimum atomic E-state index is -2.67. The standard InChI is InChI=1S/C31H34N2O8/c1-33(2)23-19-12-15-11-18-21(25(35)20(15)28(37)31(19,40)29(38)22(26(23)36)30(32)39)24(34)17-10-14(7-6-13-4-5-13)8-9-16(17)27(18)41-3/h8-10,13,15,19,23,34-35,38,40H,4-7,11-12H2,1-3H3,(H2,32,39)/t15-,19-,23-,31-/m0/s1. The third-order valence-corrected chi connectivity index (χ3v) is 9.45. The molecule has 4 aliphatic carbocycles. The van der Waals surface area contributed by atoms with Crippen molar-refractivity contribution in [1.82, 2.24) is 4.90 Å². The van der Waals surface area contributed by atoms with Gasteiger partial charge >= 0.3 is 0 Å². The van der Waals surface area contributed by atoms with Crippen LogP contribution in [0.4, 0.5) is 0 Å². The first-order valence-corrected chi connectivity index (χ1v) is 13.9. The van der Waals surface area contributed by atoms with Crippen molar-refractivity contribution in [1.29, 1.82) is 0 Å². The lowest BCUT2D eigenvalue weighted by Crippen LogP contribution is -2.65. The molecule has 4 aliphatic rings. The number of ether oxygens (including phenoxy) is 1. The lowest BCUT2D eigenvalue weighted by Gasteiger charge is -2.50. The van der Waals surface area contributed by atoms with E-state index in [0.717, 1.165) is 24.3 Å². The Morgan fingerprint density at radius 3 is 2.46 bits per heavy atom. The summed E-state index contributed by atoms with van der Waals surface area (Å²) >= 11 is 0. The molecule has 4 atom stereocenters. The van der Waals surface area contributed by atoms with Gasteiger partial charge in [0.15, 0.2) is 11.4 Å². The maximum atomic E-state index is 14.1. The molecule has 2 aromatic carbocycles. The van der Waals surface area contributed by atoms with Crippen molar-refractivity contribution in [3.8, 4) is 11.5 Å². The Hall–Kier alpha value is -3.89. The number of phenolic OH excluding ortho intramolecular Hbond substituents is 1. The fourth-order valence-electron chi connectivity index (χ4n) is 7.29. The van der Waals surface area contributed by atoms with Gasteiger partial charge < -0.3 is 30.9 Å². The first-order valence-electron chi connectivity index (χ1n) is 13.9.